The number of benzene rings is 1. The van der Waals surface area contributed by atoms with Crippen LogP contribution in [-0.2, 0) is 12.7 Å². The van der Waals surface area contributed by atoms with Crippen molar-refractivity contribution in [3.63, 3.8) is 0 Å². The lowest BCUT2D eigenvalue weighted by Gasteiger charge is -2.10. The molecule has 4 N–H and O–H groups in total. The predicted molar refractivity (Wildman–Crippen MR) is 86.2 cm³/mol. The lowest BCUT2D eigenvalue weighted by Crippen LogP contribution is -2.15. The Labute approximate surface area is 140 Å². The standard InChI is InChI=1S/C15H15F3N6O/c16-15(17,18)13-22-10-8-9(21-14-20-5-4-12(19)23-14)2-3-11(10)24(13)6-1-7-25/h2-5,8,25H,1,6-7H2,(H3,19,20,21,23). The summed E-state index contributed by atoms with van der Waals surface area (Å²) in [7, 11) is 0. The first-order chi connectivity index (χ1) is 11.9. The number of halogens is 3. The van der Waals surface area contributed by atoms with E-state index in [1.165, 1.54) is 24.4 Å². The Kier molecular flexibility index (Phi) is 4.45. The van der Waals surface area contributed by atoms with Crippen LogP contribution in [0.15, 0.2) is 30.5 Å². The summed E-state index contributed by atoms with van der Waals surface area (Å²) in [5, 5.41) is 11.8. The number of hydrogen-bond acceptors (Lipinski definition) is 6. The van der Waals surface area contributed by atoms with E-state index in [9.17, 15) is 13.2 Å². The van der Waals surface area contributed by atoms with Crippen LogP contribution >= 0.6 is 0 Å². The fourth-order valence-corrected chi connectivity index (χ4v) is 2.44. The van der Waals surface area contributed by atoms with Crippen LogP contribution in [-0.4, -0.2) is 31.2 Å². The predicted octanol–water partition coefficient (Wildman–Crippen LogP) is 2.55. The van der Waals surface area contributed by atoms with Crippen LogP contribution in [0.2, 0.25) is 0 Å². The number of anilines is 3. The van der Waals surface area contributed by atoms with E-state index < -0.39 is 12.0 Å². The summed E-state index contributed by atoms with van der Waals surface area (Å²) in [5.41, 5.74) is 6.57. The summed E-state index contributed by atoms with van der Waals surface area (Å²) in [5.74, 6) is -0.491. The Hall–Kier alpha value is -2.88. The SMILES string of the molecule is Nc1ccnc(Nc2ccc3c(c2)nc(C(F)(F)F)n3CCCO)n1. The van der Waals surface area contributed by atoms with Crippen molar-refractivity contribution >= 4 is 28.5 Å². The number of alkyl halides is 3. The number of aliphatic hydroxyl groups is 1. The van der Waals surface area contributed by atoms with Gasteiger partial charge in [0.2, 0.25) is 11.8 Å². The maximum atomic E-state index is 13.2. The molecule has 2 heterocycles. The van der Waals surface area contributed by atoms with Gasteiger partial charge in [0, 0.05) is 25.0 Å². The normalized spacial score (nSPS) is 11.8. The molecular formula is C15H15F3N6O. The lowest BCUT2D eigenvalue weighted by molar-refractivity contribution is -0.147. The molecule has 3 aromatic rings. The van der Waals surface area contributed by atoms with Crippen molar-refractivity contribution in [2.24, 2.45) is 0 Å². The fourth-order valence-electron chi connectivity index (χ4n) is 2.44. The minimum atomic E-state index is -4.58. The zero-order chi connectivity index (χ0) is 18.0. The zero-order valence-electron chi connectivity index (χ0n) is 13.0. The number of aliphatic hydroxyl groups excluding tert-OH is 1. The number of rotatable bonds is 5. The fraction of sp³-hybridized carbons (Fsp3) is 0.267. The van der Waals surface area contributed by atoms with E-state index in [2.05, 4.69) is 20.3 Å². The molecule has 25 heavy (non-hydrogen) atoms. The second kappa shape index (κ2) is 6.55. The van der Waals surface area contributed by atoms with E-state index in [-0.39, 0.29) is 36.9 Å². The van der Waals surface area contributed by atoms with Crippen LogP contribution < -0.4 is 11.1 Å². The monoisotopic (exact) mass is 352 g/mol. The number of nitrogens with zero attached hydrogens (tertiary/aromatic N) is 4. The smallest absolute Gasteiger partial charge is 0.396 e. The number of aromatic nitrogens is 4. The van der Waals surface area contributed by atoms with Gasteiger partial charge in [-0.25, -0.2) is 9.97 Å². The molecule has 1 aromatic carbocycles. The molecule has 0 amide bonds. The van der Waals surface area contributed by atoms with Crippen LogP contribution in [0, 0.1) is 0 Å². The molecule has 0 saturated heterocycles. The summed E-state index contributed by atoms with van der Waals surface area (Å²) in [6.07, 6.45) is -2.92. The van der Waals surface area contributed by atoms with Crippen molar-refractivity contribution < 1.29 is 18.3 Å². The first-order valence-corrected chi connectivity index (χ1v) is 7.42. The van der Waals surface area contributed by atoms with Gasteiger partial charge < -0.3 is 20.7 Å². The Morgan fingerprint density at radius 1 is 1.20 bits per heavy atom. The Bertz CT molecular complexity index is 893. The molecule has 0 fully saturated rings. The average molecular weight is 352 g/mol. The molecule has 0 saturated carbocycles. The van der Waals surface area contributed by atoms with Crippen molar-refractivity contribution in [3.8, 4) is 0 Å². The molecule has 132 valence electrons. The van der Waals surface area contributed by atoms with Gasteiger partial charge in [-0.3, -0.25) is 0 Å². The number of aryl methyl sites for hydroxylation is 1. The van der Waals surface area contributed by atoms with Gasteiger partial charge in [-0.05, 0) is 30.7 Å². The van der Waals surface area contributed by atoms with E-state index in [0.717, 1.165) is 4.57 Å². The van der Waals surface area contributed by atoms with E-state index in [4.69, 9.17) is 10.8 Å². The van der Waals surface area contributed by atoms with E-state index in [0.29, 0.717) is 11.2 Å². The zero-order valence-corrected chi connectivity index (χ0v) is 13.0. The van der Waals surface area contributed by atoms with Gasteiger partial charge in [-0.15, -0.1) is 0 Å². The molecule has 0 bridgehead atoms. The van der Waals surface area contributed by atoms with Crippen LogP contribution in [0.25, 0.3) is 11.0 Å². The number of hydrogen-bond donors (Lipinski definition) is 3. The summed E-state index contributed by atoms with van der Waals surface area (Å²) in [6, 6.07) is 6.13. The molecule has 7 nitrogen and oxygen atoms in total. The molecule has 0 aliphatic carbocycles. The van der Waals surface area contributed by atoms with Crippen molar-refractivity contribution in [2.75, 3.05) is 17.7 Å². The first-order valence-electron chi connectivity index (χ1n) is 7.42. The van der Waals surface area contributed by atoms with Crippen LogP contribution in [0.3, 0.4) is 0 Å². The lowest BCUT2D eigenvalue weighted by atomic mass is 10.2. The number of imidazole rings is 1. The molecule has 0 spiro atoms. The average Bonchev–Trinajstić information content (AvgIpc) is 2.91. The summed E-state index contributed by atoms with van der Waals surface area (Å²) in [6.45, 7) is -0.184. The number of fused-ring (bicyclic) bond motifs is 1. The minimum Gasteiger partial charge on any atom is -0.396 e. The molecule has 0 atom stereocenters. The third kappa shape index (κ3) is 3.63. The molecule has 0 radical (unpaired) electrons. The molecule has 2 aromatic heterocycles. The number of nitrogens with one attached hydrogen (secondary N) is 1. The van der Waals surface area contributed by atoms with Gasteiger partial charge in [0.15, 0.2) is 0 Å². The highest BCUT2D eigenvalue weighted by Crippen LogP contribution is 2.32. The van der Waals surface area contributed by atoms with Gasteiger partial charge in [-0.2, -0.15) is 18.2 Å². The number of nitrogens with two attached hydrogens (primary N) is 1. The van der Waals surface area contributed by atoms with Gasteiger partial charge >= 0.3 is 6.18 Å². The molecular weight excluding hydrogens is 337 g/mol. The minimum absolute atomic E-state index is 0.0208. The third-order valence-corrected chi connectivity index (χ3v) is 3.47. The summed E-state index contributed by atoms with van der Waals surface area (Å²) >= 11 is 0. The van der Waals surface area contributed by atoms with Gasteiger partial charge in [0.1, 0.15) is 5.82 Å². The molecule has 0 unspecified atom stereocenters. The molecule has 3 rings (SSSR count). The Morgan fingerprint density at radius 2 is 2.00 bits per heavy atom. The highest BCUT2D eigenvalue weighted by Gasteiger charge is 2.37. The maximum Gasteiger partial charge on any atom is 0.449 e. The highest BCUT2D eigenvalue weighted by molar-refractivity contribution is 5.81. The Balaban J connectivity index is 2.00. The summed E-state index contributed by atoms with van der Waals surface area (Å²) < 4.78 is 40.7. The van der Waals surface area contributed by atoms with Gasteiger partial charge in [-0.1, -0.05) is 0 Å². The third-order valence-electron chi connectivity index (χ3n) is 3.47. The van der Waals surface area contributed by atoms with E-state index in [1.54, 1.807) is 6.07 Å². The second-order valence-corrected chi connectivity index (χ2v) is 5.30. The van der Waals surface area contributed by atoms with Gasteiger partial charge in [0.05, 0.1) is 11.0 Å². The van der Waals surface area contributed by atoms with Crippen molar-refractivity contribution in [3.05, 3.63) is 36.3 Å². The molecule has 10 heteroatoms. The quantitative estimate of drug-likeness (QED) is 0.652. The van der Waals surface area contributed by atoms with Crippen LogP contribution in [0.1, 0.15) is 12.2 Å². The van der Waals surface area contributed by atoms with E-state index >= 15 is 0 Å². The van der Waals surface area contributed by atoms with Crippen LogP contribution in [0.4, 0.5) is 30.6 Å². The first kappa shape index (κ1) is 17.0. The highest BCUT2D eigenvalue weighted by atomic mass is 19.4. The number of nitrogen functional groups attached to an aromatic ring is 1. The van der Waals surface area contributed by atoms with Gasteiger partial charge in [0.25, 0.3) is 0 Å². The van der Waals surface area contributed by atoms with Crippen molar-refractivity contribution in [1.82, 2.24) is 19.5 Å². The van der Waals surface area contributed by atoms with Crippen molar-refractivity contribution in [2.45, 2.75) is 19.1 Å². The maximum absolute atomic E-state index is 13.2. The topological polar surface area (TPSA) is 102 Å². The summed E-state index contributed by atoms with van der Waals surface area (Å²) in [4.78, 5) is 11.7. The largest absolute Gasteiger partial charge is 0.449 e. The second-order valence-electron chi connectivity index (χ2n) is 5.30. The van der Waals surface area contributed by atoms with Crippen LogP contribution in [0.5, 0.6) is 0 Å². The molecule has 0 aliphatic heterocycles. The Morgan fingerprint density at radius 3 is 2.68 bits per heavy atom. The molecule has 0 aliphatic rings. The van der Waals surface area contributed by atoms with Crippen molar-refractivity contribution in [1.29, 1.82) is 0 Å². The van der Waals surface area contributed by atoms with E-state index in [1.807, 2.05) is 0 Å².